The van der Waals surface area contributed by atoms with Crippen LogP contribution >= 0.6 is 0 Å². The predicted octanol–water partition coefficient (Wildman–Crippen LogP) is 3.18. The van der Waals surface area contributed by atoms with Crippen molar-refractivity contribution in [3.05, 3.63) is 35.9 Å². The molecule has 0 spiro atoms. The van der Waals surface area contributed by atoms with Crippen LogP contribution < -0.4 is 10.6 Å². The molecule has 2 N–H and O–H groups in total. The molecule has 3 fully saturated rings. The normalized spacial score (nSPS) is 28.5. The largest absolute Gasteiger partial charge is 0.356 e. The number of amides is 1. The number of likely N-dealkylation sites (tertiary alicyclic amines) is 1. The SMILES string of the molecule is O=C(NCCCN[C@@H]1CCC[C@H]2CN(Cc3ccccc3)C[C@H]21)C1CCC1. The molecule has 3 atom stereocenters. The number of carbonyl (C=O) groups excluding carboxylic acids is 1. The molecule has 148 valence electrons. The fraction of sp³-hybridized carbons (Fsp3) is 0.696. The summed E-state index contributed by atoms with van der Waals surface area (Å²) in [5.41, 5.74) is 1.43. The molecule has 2 saturated carbocycles. The number of hydrogen-bond donors (Lipinski definition) is 2. The quantitative estimate of drug-likeness (QED) is 0.692. The number of rotatable bonds is 8. The zero-order valence-electron chi connectivity index (χ0n) is 16.5. The van der Waals surface area contributed by atoms with Gasteiger partial charge in [0.2, 0.25) is 5.91 Å². The van der Waals surface area contributed by atoms with Crippen molar-refractivity contribution in [1.82, 2.24) is 15.5 Å². The van der Waals surface area contributed by atoms with Gasteiger partial charge in [0, 0.05) is 38.1 Å². The maximum atomic E-state index is 11.9. The molecule has 1 aliphatic heterocycles. The Hall–Kier alpha value is -1.39. The highest BCUT2D eigenvalue weighted by Gasteiger charge is 2.39. The van der Waals surface area contributed by atoms with Crippen LogP contribution in [0.3, 0.4) is 0 Å². The van der Waals surface area contributed by atoms with Gasteiger partial charge in [0.15, 0.2) is 0 Å². The highest BCUT2D eigenvalue weighted by atomic mass is 16.1. The molecular formula is C23H35N3O. The van der Waals surface area contributed by atoms with Crippen LogP contribution in [0.25, 0.3) is 0 Å². The monoisotopic (exact) mass is 369 g/mol. The van der Waals surface area contributed by atoms with E-state index in [1.807, 2.05) is 0 Å². The molecule has 4 heteroatoms. The third-order valence-electron chi connectivity index (χ3n) is 6.96. The van der Waals surface area contributed by atoms with Gasteiger partial charge >= 0.3 is 0 Å². The molecule has 1 saturated heterocycles. The summed E-state index contributed by atoms with van der Waals surface area (Å²) in [5, 5.41) is 6.95. The Labute approximate surface area is 164 Å². The fourth-order valence-electron chi connectivity index (χ4n) is 5.19. The van der Waals surface area contributed by atoms with E-state index in [1.165, 1.54) is 44.3 Å². The number of carbonyl (C=O) groups is 1. The smallest absolute Gasteiger partial charge is 0.223 e. The number of hydrogen-bond acceptors (Lipinski definition) is 3. The summed E-state index contributed by atoms with van der Waals surface area (Å²) in [4.78, 5) is 14.5. The van der Waals surface area contributed by atoms with Gasteiger partial charge in [-0.3, -0.25) is 9.69 Å². The summed E-state index contributed by atoms with van der Waals surface area (Å²) < 4.78 is 0. The summed E-state index contributed by atoms with van der Waals surface area (Å²) in [7, 11) is 0. The van der Waals surface area contributed by atoms with Crippen LogP contribution in [-0.4, -0.2) is 43.0 Å². The van der Waals surface area contributed by atoms with Crippen LogP contribution in [0.2, 0.25) is 0 Å². The Morgan fingerprint density at radius 1 is 1.00 bits per heavy atom. The minimum absolute atomic E-state index is 0.284. The Bertz CT molecular complexity index is 601. The van der Waals surface area contributed by atoms with E-state index in [0.29, 0.717) is 12.0 Å². The van der Waals surface area contributed by atoms with Crippen LogP contribution in [0.15, 0.2) is 30.3 Å². The molecule has 0 unspecified atom stereocenters. The lowest BCUT2D eigenvalue weighted by molar-refractivity contribution is -0.127. The summed E-state index contributed by atoms with van der Waals surface area (Å²) in [6, 6.07) is 11.5. The molecule has 3 aliphatic rings. The maximum absolute atomic E-state index is 11.9. The van der Waals surface area contributed by atoms with Crippen molar-refractivity contribution in [1.29, 1.82) is 0 Å². The number of benzene rings is 1. The molecule has 0 radical (unpaired) electrons. The summed E-state index contributed by atoms with van der Waals surface area (Å²) in [6.45, 7) is 5.43. The fourth-order valence-corrected chi connectivity index (χ4v) is 5.19. The Balaban J connectivity index is 1.18. The molecule has 4 rings (SSSR count). The van der Waals surface area contributed by atoms with Gasteiger partial charge < -0.3 is 10.6 Å². The van der Waals surface area contributed by atoms with Crippen LogP contribution in [0.1, 0.15) is 50.5 Å². The van der Waals surface area contributed by atoms with E-state index in [-0.39, 0.29) is 5.91 Å². The summed E-state index contributed by atoms with van der Waals surface area (Å²) in [6.07, 6.45) is 8.52. The van der Waals surface area contributed by atoms with E-state index < -0.39 is 0 Å². The molecule has 27 heavy (non-hydrogen) atoms. The lowest BCUT2D eigenvalue weighted by Crippen LogP contribution is -2.43. The summed E-state index contributed by atoms with van der Waals surface area (Å²) >= 11 is 0. The first kappa shape index (κ1) is 18.9. The van der Waals surface area contributed by atoms with Crippen molar-refractivity contribution in [3.63, 3.8) is 0 Å². The first-order valence-corrected chi connectivity index (χ1v) is 11.1. The minimum Gasteiger partial charge on any atom is -0.356 e. The third-order valence-corrected chi connectivity index (χ3v) is 6.96. The zero-order valence-corrected chi connectivity index (χ0v) is 16.5. The molecule has 1 heterocycles. The second kappa shape index (κ2) is 9.20. The van der Waals surface area contributed by atoms with Crippen molar-refractivity contribution in [3.8, 4) is 0 Å². The second-order valence-electron chi connectivity index (χ2n) is 8.87. The van der Waals surface area contributed by atoms with Crippen molar-refractivity contribution in [2.75, 3.05) is 26.2 Å². The molecular weight excluding hydrogens is 334 g/mol. The van der Waals surface area contributed by atoms with Crippen LogP contribution in [0.4, 0.5) is 0 Å². The van der Waals surface area contributed by atoms with Crippen molar-refractivity contribution >= 4 is 5.91 Å². The van der Waals surface area contributed by atoms with Gasteiger partial charge in [-0.05, 0) is 56.0 Å². The molecule has 1 amide bonds. The highest BCUT2D eigenvalue weighted by molar-refractivity contribution is 5.79. The Kier molecular flexibility index (Phi) is 6.46. The third kappa shape index (κ3) is 4.91. The van der Waals surface area contributed by atoms with Gasteiger partial charge in [0.05, 0.1) is 0 Å². The molecule has 1 aromatic rings. The zero-order chi connectivity index (χ0) is 18.5. The maximum Gasteiger partial charge on any atom is 0.223 e. The van der Waals surface area contributed by atoms with Gasteiger partial charge in [-0.1, -0.05) is 43.2 Å². The highest BCUT2D eigenvalue weighted by Crippen LogP contribution is 2.37. The van der Waals surface area contributed by atoms with E-state index in [2.05, 4.69) is 45.9 Å². The van der Waals surface area contributed by atoms with Crippen molar-refractivity contribution in [2.45, 2.75) is 57.5 Å². The van der Waals surface area contributed by atoms with E-state index in [9.17, 15) is 4.79 Å². The molecule has 2 aliphatic carbocycles. The van der Waals surface area contributed by atoms with E-state index in [0.717, 1.165) is 50.7 Å². The Morgan fingerprint density at radius 3 is 2.59 bits per heavy atom. The Morgan fingerprint density at radius 2 is 1.81 bits per heavy atom. The first-order valence-electron chi connectivity index (χ1n) is 11.1. The van der Waals surface area contributed by atoms with Crippen LogP contribution in [0, 0.1) is 17.8 Å². The molecule has 0 aromatic heterocycles. The van der Waals surface area contributed by atoms with Crippen LogP contribution in [0.5, 0.6) is 0 Å². The van der Waals surface area contributed by atoms with Crippen molar-refractivity contribution < 1.29 is 4.79 Å². The number of nitrogens with one attached hydrogen (secondary N) is 2. The van der Waals surface area contributed by atoms with E-state index >= 15 is 0 Å². The first-order chi connectivity index (χ1) is 13.3. The van der Waals surface area contributed by atoms with Gasteiger partial charge in [-0.25, -0.2) is 0 Å². The molecule has 1 aromatic carbocycles. The average Bonchev–Trinajstić information content (AvgIpc) is 3.04. The number of nitrogens with zero attached hydrogens (tertiary/aromatic N) is 1. The van der Waals surface area contributed by atoms with E-state index in [4.69, 9.17) is 0 Å². The van der Waals surface area contributed by atoms with Gasteiger partial charge in [0.25, 0.3) is 0 Å². The van der Waals surface area contributed by atoms with Gasteiger partial charge in [0.1, 0.15) is 0 Å². The van der Waals surface area contributed by atoms with E-state index in [1.54, 1.807) is 0 Å². The lowest BCUT2D eigenvalue weighted by atomic mass is 9.78. The number of fused-ring (bicyclic) bond motifs is 1. The predicted molar refractivity (Wildman–Crippen MR) is 109 cm³/mol. The van der Waals surface area contributed by atoms with Gasteiger partial charge in [-0.2, -0.15) is 0 Å². The topological polar surface area (TPSA) is 44.4 Å². The van der Waals surface area contributed by atoms with Crippen LogP contribution in [-0.2, 0) is 11.3 Å². The second-order valence-corrected chi connectivity index (χ2v) is 8.87. The van der Waals surface area contributed by atoms with Crippen molar-refractivity contribution in [2.24, 2.45) is 17.8 Å². The average molecular weight is 370 g/mol. The standard InChI is InChI=1S/C23H35N3O/c27-23(19-9-4-10-19)25-14-6-13-24-22-12-5-11-20-16-26(17-21(20)22)15-18-7-2-1-3-8-18/h1-3,7-8,19-22,24H,4-6,9-17H2,(H,25,27)/t20-,21+,22+/m0/s1. The molecule has 0 bridgehead atoms. The minimum atomic E-state index is 0.284. The summed E-state index contributed by atoms with van der Waals surface area (Å²) in [5.74, 6) is 2.25. The van der Waals surface area contributed by atoms with Gasteiger partial charge in [-0.15, -0.1) is 0 Å². The lowest BCUT2D eigenvalue weighted by Gasteiger charge is -2.34. The molecule has 4 nitrogen and oxygen atoms in total.